The molecule has 0 bridgehead atoms. The monoisotopic (exact) mass is 308 g/mol. The summed E-state index contributed by atoms with van der Waals surface area (Å²) in [4.78, 5) is 35.7. The van der Waals surface area contributed by atoms with Gasteiger partial charge in [-0.1, -0.05) is 6.07 Å². The largest absolute Gasteiger partial charge is 0.493 e. The lowest BCUT2D eigenvalue weighted by molar-refractivity contribution is -0.142. The van der Waals surface area contributed by atoms with Crippen LogP contribution in [-0.2, 0) is 15.1 Å². The van der Waals surface area contributed by atoms with E-state index in [-0.39, 0.29) is 0 Å². The molecule has 2 rings (SSSR count). The van der Waals surface area contributed by atoms with Gasteiger partial charge in [0.15, 0.2) is 11.5 Å². The number of methoxy groups -OCH3 is 2. The second-order valence-corrected chi connectivity index (χ2v) is 4.91. The van der Waals surface area contributed by atoms with Gasteiger partial charge in [0.2, 0.25) is 0 Å². The van der Waals surface area contributed by atoms with Crippen molar-refractivity contribution in [3.63, 3.8) is 0 Å². The fourth-order valence-corrected chi connectivity index (χ4v) is 2.32. The molecule has 0 aromatic heterocycles. The van der Waals surface area contributed by atoms with E-state index < -0.39 is 30.0 Å². The van der Waals surface area contributed by atoms with E-state index >= 15 is 0 Å². The predicted octanol–water partition coefficient (Wildman–Crippen LogP) is 0.555. The molecule has 0 aliphatic carbocycles. The normalized spacial score (nSPS) is 20.8. The Morgan fingerprint density at radius 2 is 1.91 bits per heavy atom. The highest BCUT2D eigenvalue weighted by atomic mass is 16.5. The van der Waals surface area contributed by atoms with Crippen LogP contribution in [-0.4, -0.2) is 48.7 Å². The van der Waals surface area contributed by atoms with Crippen LogP contribution in [0.25, 0.3) is 0 Å². The molecular formula is C14H16N2O6. The summed E-state index contributed by atoms with van der Waals surface area (Å²) in [6, 6.07) is 4.05. The number of benzene rings is 1. The Bertz CT molecular complexity index is 644. The number of nitrogens with one attached hydrogen (secondary N) is 1. The quantitative estimate of drug-likeness (QED) is 0.770. The number of hydrogen-bond acceptors (Lipinski definition) is 5. The van der Waals surface area contributed by atoms with E-state index in [0.717, 1.165) is 0 Å². The van der Waals surface area contributed by atoms with Crippen molar-refractivity contribution >= 4 is 17.9 Å². The summed E-state index contributed by atoms with van der Waals surface area (Å²) < 4.78 is 10.3. The van der Waals surface area contributed by atoms with Crippen molar-refractivity contribution < 1.29 is 29.0 Å². The first-order chi connectivity index (χ1) is 10.3. The molecule has 8 nitrogen and oxygen atoms in total. The maximum atomic E-state index is 12.4. The van der Waals surface area contributed by atoms with E-state index in [1.807, 2.05) is 0 Å². The van der Waals surface area contributed by atoms with Crippen molar-refractivity contribution in [2.75, 3.05) is 20.8 Å². The first-order valence-corrected chi connectivity index (χ1v) is 6.42. The van der Waals surface area contributed by atoms with Gasteiger partial charge in [0.25, 0.3) is 5.91 Å². The van der Waals surface area contributed by atoms with Crippen LogP contribution in [0, 0.1) is 0 Å². The SMILES string of the molecule is COc1ccc(C2(C)NC(=O)N(CC(=O)O)C2=O)cc1OC. The lowest BCUT2D eigenvalue weighted by Gasteiger charge is -2.23. The third-order valence-electron chi connectivity index (χ3n) is 3.53. The number of hydrogen-bond donors (Lipinski definition) is 2. The fourth-order valence-electron chi connectivity index (χ4n) is 2.32. The number of ether oxygens (including phenoxy) is 2. The molecule has 22 heavy (non-hydrogen) atoms. The van der Waals surface area contributed by atoms with Gasteiger partial charge in [0.1, 0.15) is 12.1 Å². The van der Waals surface area contributed by atoms with Gasteiger partial charge >= 0.3 is 12.0 Å². The first-order valence-electron chi connectivity index (χ1n) is 6.42. The van der Waals surface area contributed by atoms with Crippen LogP contribution < -0.4 is 14.8 Å². The molecule has 0 radical (unpaired) electrons. The topological polar surface area (TPSA) is 105 Å². The standard InChI is InChI=1S/C14H16N2O6/c1-14(8-4-5-9(21-2)10(6-8)22-3)12(19)16(7-11(17)18)13(20)15-14/h4-6H,7H2,1-3H3,(H,15,20)(H,17,18). The fraction of sp³-hybridized carbons (Fsp3) is 0.357. The van der Waals surface area contributed by atoms with Crippen molar-refractivity contribution in [3.05, 3.63) is 23.8 Å². The molecule has 1 aromatic rings. The minimum absolute atomic E-state index is 0.403. The van der Waals surface area contributed by atoms with Gasteiger partial charge < -0.3 is 19.9 Å². The zero-order valence-electron chi connectivity index (χ0n) is 12.4. The van der Waals surface area contributed by atoms with Crippen LogP contribution in [0.5, 0.6) is 11.5 Å². The van der Waals surface area contributed by atoms with Gasteiger partial charge in [-0.3, -0.25) is 14.5 Å². The highest BCUT2D eigenvalue weighted by Crippen LogP contribution is 2.35. The minimum atomic E-state index is -1.36. The molecule has 0 saturated carbocycles. The molecule has 3 amide bonds. The summed E-state index contributed by atoms with van der Waals surface area (Å²) in [6.45, 7) is 0.823. The zero-order valence-corrected chi connectivity index (χ0v) is 12.4. The van der Waals surface area contributed by atoms with Crippen molar-refractivity contribution in [3.8, 4) is 11.5 Å². The second kappa shape index (κ2) is 5.55. The third-order valence-corrected chi connectivity index (χ3v) is 3.53. The molecule has 1 heterocycles. The Hall–Kier alpha value is -2.77. The number of carboxylic acids is 1. The molecule has 118 valence electrons. The number of urea groups is 1. The smallest absolute Gasteiger partial charge is 0.325 e. The minimum Gasteiger partial charge on any atom is -0.493 e. The number of imide groups is 1. The maximum Gasteiger partial charge on any atom is 0.325 e. The number of rotatable bonds is 5. The van der Waals surface area contributed by atoms with Crippen LogP contribution in [0.3, 0.4) is 0 Å². The summed E-state index contributed by atoms with van der Waals surface area (Å²) >= 11 is 0. The van der Waals surface area contributed by atoms with Gasteiger partial charge in [0.05, 0.1) is 14.2 Å². The van der Waals surface area contributed by atoms with E-state index in [4.69, 9.17) is 14.6 Å². The Labute approximate surface area is 126 Å². The number of nitrogens with zero attached hydrogens (tertiary/aromatic N) is 1. The summed E-state index contributed by atoms with van der Waals surface area (Å²) in [5, 5.41) is 11.3. The van der Waals surface area contributed by atoms with Crippen molar-refractivity contribution in [2.45, 2.75) is 12.5 Å². The summed E-state index contributed by atoms with van der Waals surface area (Å²) in [5.41, 5.74) is -0.886. The van der Waals surface area contributed by atoms with Gasteiger partial charge in [-0.05, 0) is 24.6 Å². The molecule has 1 fully saturated rings. The summed E-state index contributed by atoms with van der Waals surface area (Å²) in [5.74, 6) is -1.01. The maximum absolute atomic E-state index is 12.4. The van der Waals surface area contributed by atoms with Crippen molar-refractivity contribution in [1.82, 2.24) is 10.2 Å². The van der Waals surface area contributed by atoms with Crippen LogP contribution in [0.4, 0.5) is 4.79 Å². The van der Waals surface area contributed by atoms with E-state index in [1.54, 1.807) is 18.2 Å². The zero-order chi connectivity index (χ0) is 16.5. The lowest BCUT2D eigenvalue weighted by atomic mass is 9.91. The molecule has 1 unspecified atom stereocenters. The number of carbonyl (C=O) groups is 3. The molecule has 1 atom stereocenters. The Morgan fingerprint density at radius 3 is 2.45 bits per heavy atom. The third kappa shape index (κ3) is 2.43. The number of carbonyl (C=O) groups excluding carboxylic acids is 2. The molecule has 1 aromatic carbocycles. The van der Waals surface area contributed by atoms with E-state index in [0.29, 0.717) is 22.0 Å². The number of aliphatic carboxylic acids is 1. The molecular weight excluding hydrogens is 292 g/mol. The van der Waals surface area contributed by atoms with Crippen LogP contribution in [0.2, 0.25) is 0 Å². The van der Waals surface area contributed by atoms with Crippen LogP contribution in [0.15, 0.2) is 18.2 Å². The van der Waals surface area contributed by atoms with E-state index in [9.17, 15) is 14.4 Å². The molecule has 0 spiro atoms. The van der Waals surface area contributed by atoms with Gasteiger partial charge in [-0.15, -0.1) is 0 Å². The number of carboxylic acid groups (broad SMARTS) is 1. The van der Waals surface area contributed by atoms with Crippen molar-refractivity contribution in [1.29, 1.82) is 0 Å². The molecule has 1 aliphatic heterocycles. The second-order valence-electron chi connectivity index (χ2n) is 4.91. The van der Waals surface area contributed by atoms with Crippen molar-refractivity contribution in [2.24, 2.45) is 0 Å². The average molecular weight is 308 g/mol. The van der Waals surface area contributed by atoms with Crippen LogP contribution in [0.1, 0.15) is 12.5 Å². The number of amides is 3. The molecule has 2 N–H and O–H groups in total. The van der Waals surface area contributed by atoms with E-state index in [1.165, 1.54) is 21.1 Å². The summed E-state index contributed by atoms with van der Waals surface area (Å²) in [7, 11) is 2.94. The van der Waals surface area contributed by atoms with Crippen LogP contribution >= 0.6 is 0 Å². The van der Waals surface area contributed by atoms with E-state index in [2.05, 4.69) is 5.32 Å². The predicted molar refractivity (Wildman–Crippen MR) is 74.8 cm³/mol. The first kappa shape index (κ1) is 15.6. The molecule has 1 saturated heterocycles. The Morgan fingerprint density at radius 1 is 1.27 bits per heavy atom. The Kier molecular flexibility index (Phi) is 3.94. The van der Waals surface area contributed by atoms with Gasteiger partial charge in [-0.2, -0.15) is 0 Å². The molecule has 8 heteroatoms. The Balaban J connectivity index is 2.41. The lowest BCUT2D eigenvalue weighted by Crippen LogP contribution is -2.41. The average Bonchev–Trinajstić information content (AvgIpc) is 2.70. The highest BCUT2D eigenvalue weighted by Gasteiger charge is 2.49. The van der Waals surface area contributed by atoms with Gasteiger partial charge in [0, 0.05) is 0 Å². The molecule has 1 aliphatic rings. The highest BCUT2D eigenvalue weighted by molar-refractivity contribution is 6.08. The summed E-state index contributed by atoms with van der Waals surface area (Å²) in [6.07, 6.45) is 0. The van der Waals surface area contributed by atoms with Gasteiger partial charge in [-0.25, -0.2) is 4.79 Å².